The van der Waals surface area contributed by atoms with Gasteiger partial charge in [-0.25, -0.2) is 4.98 Å². The van der Waals surface area contributed by atoms with Crippen molar-refractivity contribution in [3.8, 4) is 11.3 Å². The van der Waals surface area contributed by atoms with Crippen molar-refractivity contribution in [2.75, 3.05) is 0 Å². The molecule has 0 radical (unpaired) electrons. The van der Waals surface area contributed by atoms with Gasteiger partial charge in [0.15, 0.2) is 0 Å². The van der Waals surface area contributed by atoms with Crippen molar-refractivity contribution < 1.29 is 4.79 Å². The summed E-state index contributed by atoms with van der Waals surface area (Å²) in [6, 6.07) is 6.20. The third kappa shape index (κ3) is 3.44. The lowest BCUT2D eigenvalue weighted by molar-refractivity contribution is -0.122. The maximum absolute atomic E-state index is 12.4. The highest BCUT2D eigenvalue weighted by molar-refractivity contribution is 7.10. The van der Waals surface area contributed by atoms with Crippen molar-refractivity contribution in [1.82, 2.24) is 14.9 Å². The van der Waals surface area contributed by atoms with Crippen LogP contribution in [-0.2, 0) is 11.3 Å². The van der Waals surface area contributed by atoms with Crippen molar-refractivity contribution in [2.24, 2.45) is 0 Å². The Bertz CT molecular complexity index is 846. The summed E-state index contributed by atoms with van der Waals surface area (Å²) >= 11 is 3.31. The van der Waals surface area contributed by atoms with E-state index in [9.17, 15) is 4.79 Å². The average molecular weight is 360 g/mol. The maximum atomic E-state index is 12.4. The molecule has 0 saturated carbocycles. The van der Waals surface area contributed by atoms with E-state index < -0.39 is 0 Å². The zero-order chi connectivity index (χ0) is 17.3. The summed E-state index contributed by atoms with van der Waals surface area (Å²) in [5.74, 6) is 0.0266. The number of nitrogens with zero attached hydrogens (tertiary/aromatic N) is 2. The normalized spacial score (nSPS) is 12.3. The Labute approximate surface area is 150 Å². The zero-order valence-electron chi connectivity index (χ0n) is 14.3. The van der Waals surface area contributed by atoms with Gasteiger partial charge < -0.3 is 9.88 Å². The molecule has 6 heteroatoms. The van der Waals surface area contributed by atoms with Gasteiger partial charge in [-0.15, -0.1) is 22.7 Å². The van der Waals surface area contributed by atoms with Gasteiger partial charge in [-0.1, -0.05) is 6.07 Å². The van der Waals surface area contributed by atoms with E-state index in [-0.39, 0.29) is 11.9 Å². The molecule has 3 heterocycles. The van der Waals surface area contributed by atoms with Gasteiger partial charge in [-0.2, -0.15) is 0 Å². The van der Waals surface area contributed by atoms with Crippen LogP contribution in [0.15, 0.2) is 29.0 Å². The first-order valence-electron chi connectivity index (χ1n) is 7.87. The number of thiazole rings is 1. The largest absolute Gasteiger partial charge is 0.347 e. The summed E-state index contributed by atoms with van der Waals surface area (Å²) in [5, 5.41) is 8.23. The molecule has 0 fully saturated rings. The number of aromatic nitrogens is 2. The van der Waals surface area contributed by atoms with Crippen molar-refractivity contribution >= 4 is 28.6 Å². The van der Waals surface area contributed by atoms with Gasteiger partial charge in [0.2, 0.25) is 5.91 Å². The molecule has 0 aromatic carbocycles. The minimum Gasteiger partial charge on any atom is -0.347 e. The second-order valence-electron chi connectivity index (χ2n) is 5.93. The molecule has 0 spiro atoms. The number of carbonyl (C=O) groups excluding carboxylic acids is 1. The number of nitrogens with one attached hydrogen (secondary N) is 1. The number of thiophene rings is 1. The first-order chi connectivity index (χ1) is 11.5. The SMILES string of the molecule is Cc1nc(-c2cc(C)n(CC(=O)NC(C)c3cccs3)c2C)cs1. The van der Waals surface area contributed by atoms with Crippen LogP contribution in [0.1, 0.15) is 34.2 Å². The number of hydrogen-bond acceptors (Lipinski definition) is 4. The van der Waals surface area contributed by atoms with Crippen LogP contribution < -0.4 is 5.32 Å². The fraction of sp³-hybridized carbons (Fsp3) is 0.333. The average Bonchev–Trinajstić information content (AvgIpc) is 3.24. The molecule has 0 bridgehead atoms. The van der Waals surface area contributed by atoms with Crippen LogP contribution in [-0.4, -0.2) is 15.5 Å². The lowest BCUT2D eigenvalue weighted by atomic mass is 10.2. The van der Waals surface area contributed by atoms with Crippen LogP contribution in [0.5, 0.6) is 0 Å². The lowest BCUT2D eigenvalue weighted by Gasteiger charge is -2.14. The topological polar surface area (TPSA) is 46.9 Å². The highest BCUT2D eigenvalue weighted by atomic mass is 32.1. The molecule has 3 rings (SSSR count). The van der Waals surface area contributed by atoms with Gasteiger partial charge in [-0.3, -0.25) is 4.79 Å². The van der Waals surface area contributed by atoms with Crippen LogP contribution in [0, 0.1) is 20.8 Å². The van der Waals surface area contributed by atoms with E-state index in [0.29, 0.717) is 6.54 Å². The minimum absolute atomic E-state index is 0.0266. The molecule has 0 saturated heterocycles. The first-order valence-corrected chi connectivity index (χ1v) is 9.63. The third-order valence-corrected chi connectivity index (χ3v) is 5.95. The molecule has 3 aromatic heterocycles. The standard InChI is InChI=1S/C18H21N3OS2/c1-11-8-15(16-10-24-14(4)20-16)13(3)21(11)9-18(22)19-12(2)17-6-5-7-23-17/h5-8,10,12H,9H2,1-4H3,(H,19,22). The van der Waals surface area contributed by atoms with Gasteiger partial charge in [0.05, 0.1) is 16.7 Å². The molecule has 0 aliphatic carbocycles. The molecule has 4 nitrogen and oxygen atoms in total. The number of hydrogen-bond donors (Lipinski definition) is 1. The summed E-state index contributed by atoms with van der Waals surface area (Å²) in [6.45, 7) is 8.44. The number of aryl methyl sites for hydroxylation is 2. The quantitative estimate of drug-likeness (QED) is 0.730. The maximum Gasteiger partial charge on any atom is 0.240 e. The van der Waals surface area contributed by atoms with Gasteiger partial charge in [0, 0.05) is 27.2 Å². The van der Waals surface area contributed by atoms with Gasteiger partial charge in [0.25, 0.3) is 0 Å². The summed E-state index contributed by atoms with van der Waals surface area (Å²) in [5.41, 5.74) is 4.25. The Morgan fingerprint density at radius 2 is 2.12 bits per heavy atom. The van der Waals surface area contributed by atoms with Gasteiger partial charge >= 0.3 is 0 Å². The van der Waals surface area contributed by atoms with Crippen LogP contribution in [0.3, 0.4) is 0 Å². The zero-order valence-corrected chi connectivity index (χ0v) is 15.9. The predicted molar refractivity (Wildman–Crippen MR) is 101 cm³/mol. The van der Waals surface area contributed by atoms with E-state index in [4.69, 9.17) is 0 Å². The van der Waals surface area contributed by atoms with Crippen molar-refractivity contribution in [2.45, 2.75) is 40.3 Å². The molecular formula is C18H21N3OS2. The smallest absolute Gasteiger partial charge is 0.240 e. The molecule has 1 unspecified atom stereocenters. The molecule has 0 aliphatic rings. The summed E-state index contributed by atoms with van der Waals surface area (Å²) in [6.07, 6.45) is 0. The minimum atomic E-state index is 0.0266. The number of rotatable bonds is 5. The van der Waals surface area contributed by atoms with E-state index in [1.807, 2.05) is 45.2 Å². The third-order valence-electron chi connectivity index (χ3n) is 4.12. The van der Waals surface area contributed by atoms with Crippen molar-refractivity contribution in [3.63, 3.8) is 0 Å². The van der Waals surface area contributed by atoms with E-state index in [1.165, 1.54) is 4.88 Å². The van der Waals surface area contributed by atoms with E-state index in [1.54, 1.807) is 22.7 Å². The fourth-order valence-electron chi connectivity index (χ4n) is 2.83. The molecule has 24 heavy (non-hydrogen) atoms. The molecule has 1 amide bonds. The molecule has 126 valence electrons. The first kappa shape index (κ1) is 16.9. The molecule has 1 atom stereocenters. The number of amides is 1. The molecule has 0 aliphatic heterocycles. The highest BCUT2D eigenvalue weighted by Gasteiger charge is 2.16. The van der Waals surface area contributed by atoms with E-state index >= 15 is 0 Å². The van der Waals surface area contributed by atoms with E-state index in [2.05, 4.69) is 26.3 Å². The van der Waals surface area contributed by atoms with Crippen LogP contribution in [0.4, 0.5) is 0 Å². The van der Waals surface area contributed by atoms with Crippen molar-refractivity contribution in [1.29, 1.82) is 0 Å². The van der Waals surface area contributed by atoms with Crippen LogP contribution in [0.2, 0.25) is 0 Å². The Hall–Kier alpha value is -1.92. The molecule has 3 aromatic rings. The van der Waals surface area contributed by atoms with Crippen LogP contribution in [0.25, 0.3) is 11.3 Å². The Kier molecular flexibility index (Phi) is 4.87. The summed E-state index contributed by atoms with van der Waals surface area (Å²) in [4.78, 5) is 18.2. The fourth-order valence-corrected chi connectivity index (χ4v) is 4.18. The van der Waals surface area contributed by atoms with E-state index in [0.717, 1.165) is 27.7 Å². The summed E-state index contributed by atoms with van der Waals surface area (Å²) in [7, 11) is 0. The molecule has 1 N–H and O–H groups in total. The Balaban J connectivity index is 1.75. The molecular weight excluding hydrogens is 338 g/mol. The predicted octanol–water partition coefficient (Wildman–Crippen LogP) is 4.48. The number of carbonyl (C=O) groups is 1. The second-order valence-corrected chi connectivity index (χ2v) is 7.97. The van der Waals surface area contributed by atoms with Gasteiger partial charge in [-0.05, 0) is 45.2 Å². The Morgan fingerprint density at radius 1 is 1.33 bits per heavy atom. The Morgan fingerprint density at radius 3 is 2.75 bits per heavy atom. The second kappa shape index (κ2) is 6.91. The monoisotopic (exact) mass is 359 g/mol. The van der Waals surface area contributed by atoms with Crippen LogP contribution >= 0.6 is 22.7 Å². The van der Waals surface area contributed by atoms with Gasteiger partial charge in [0.1, 0.15) is 6.54 Å². The summed E-state index contributed by atoms with van der Waals surface area (Å²) < 4.78 is 2.06. The highest BCUT2D eigenvalue weighted by Crippen LogP contribution is 2.28. The van der Waals surface area contributed by atoms with Crippen molar-refractivity contribution in [3.05, 3.63) is 50.2 Å². The lowest BCUT2D eigenvalue weighted by Crippen LogP contribution is -2.30.